The van der Waals surface area contributed by atoms with Gasteiger partial charge in [-0.05, 0) is 6.42 Å². The summed E-state index contributed by atoms with van der Waals surface area (Å²) >= 11 is 3.65. The summed E-state index contributed by atoms with van der Waals surface area (Å²) < 4.78 is 0. The van der Waals surface area contributed by atoms with Crippen molar-refractivity contribution in [2.75, 3.05) is 6.61 Å². The van der Waals surface area contributed by atoms with E-state index < -0.39 is 11.2 Å². The summed E-state index contributed by atoms with van der Waals surface area (Å²) in [4.78, 5) is 9.90. The molecule has 4 heteroatoms. The van der Waals surface area contributed by atoms with E-state index in [1.165, 1.54) is 0 Å². The number of carbonyl (C=O) groups is 1. The Kier molecular flexibility index (Phi) is 3.64. The van der Waals surface area contributed by atoms with Crippen LogP contribution in [0.2, 0.25) is 0 Å². The van der Waals surface area contributed by atoms with Gasteiger partial charge in [0.15, 0.2) is 0 Å². The number of aliphatic carboxylic acids is 1. The molecule has 0 aromatic heterocycles. The predicted octanol–water partition coefficient (Wildman–Crippen LogP) is -0.248. The summed E-state index contributed by atoms with van der Waals surface area (Å²) in [6.45, 7) is -0.125. The smallest absolute Gasteiger partial charge is 0.316 e. The van der Waals surface area contributed by atoms with Crippen LogP contribution in [0.1, 0.15) is 6.42 Å². The van der Waals surface area contributed by atoms with Crippen LogP contribution in [0.5, 0.6) is 0 Å². The predicted molar refractivity (Wildman–Crippen MR) is 32.1 cm³/mol. The maximum absolute atomic E-state index is 9.90. The quantitative estimate of drug-likeness (QED) is 0.469. The van der Waals surface area contributed by atoms with Crippen molar-refractivity contribution in [1.82, 2.24) is 0 Å². The van der Waals surface area contributed by atoms with Crippen LogP contribution in [0.4, 0.5) is 0 Å². The number of thiol groups is 1. The number of aliphatic hydroxyl groups is 1. The fourth-order valence-corrected chi connectivity index (χ4v) is 0.361. The first kappa shape index (κ1) is 7.78. The van der Waals surface area contributed by atoms with Gasteiger partial charge in [-0.25, -0.2) is 0 Å². The third-order valence-electron chi connectivity index (χ3n) is 0.688. The Bertz CT molecular complexity index is 83.4. The van der Waals surface area contributed by atoms with Crippen LogP contribution in [0.15, 0.2) is 0 Å². The van der Waals surface area contributed by atoms with Gasteiger partial charge in [0.25, 0.3) is 0 Å². The number of carboxylic acid groups (broad SMARTS) is 1. The van der Waals surface area contributed by atoms with Crippen molar-refractivity contribution in [3.05, 3.63) is 0 Å². The van der Waals surface area contributed by atoms with Crippen LogP contribution in [0, 0.1) is 0 Å². The molecule has 0 fully saturated rings. The molecule has 0 aliphatic rings. The second-order valence-electron chi connectivity index (χ2n) is 1.37. The van der Waals surface area contributed by atoms with Gasteiger partial charge in [0.2, 0.25) is 0 Å². The lowest BCUT2D eigenvalue weighted by Gasteiger charge is -1.98. The highest BCUT2D eigenvalue weighted by atomic mass is 32.1. The van der Waals surface area contributed by atoms with Crippen molar-refractivity contribution in [2.45, 2.75) is 11.7 Å². The fourth-order valence-electron chi connectivity index (χ4n) is 0.246. The molecule has 0 spiro atoms. The normalized spacial score (nSPS) is 13.2. The maximum Gasteiger partial charge on any atom is 0.316 e. The molecule has 1 unspecified atom stereocenters. The Morgan fingerprint density at radius 3 is 2.38 bits per heavy atom. The number of carboxylic acids is 1. The Morgan fingerprint density at radius 1 is 1.75 bits per heavy atom. The standard InChI is InChI=1S/C4H8O3S/c5-2-1-3(8)4(6)7/h3,5,8H,1-2H2,(H,6,7). The Hall–Kier alpha value is -0.220. The second-order valence-corrected chi connectivity index (χ2v) is 1.99. The van der Waals surface area contributed by atoms with E-state index in [1.807, 2.05) is 0 Å². The summed E-state index contributed by atoms with van der Waals surface area (Å²) in [5.74, 6) is -0.984. The summed E-state index contributed by atoms with van der Waals surface area (Å²) in [5, 5.41) is 15.6. The molecule has 0 saturated heterocycles. The van der Waals surface area contributed by atoms with Crippen LogP contribution < -0.4 is 0 Å². The largest absolute Gasteiger partial charge is 0.480 e. The van der Waals surface area contributed by atoms with Gasteiger partial charge in [-0.3, -0.25) is 4.79 Å². The molecule has 0 heterocycles. The van der Waals surface area contributed by atoms with Crippen molar-refractivity contribution in [3.8, 4) is 0 Å². The molecular formula is C4H8O3S. The van der Waals surface area contributed by atoms with Gasteiger partial charge in [0, 0.05) is 6.61 Å². The number of hydrogen-bond donors (Lipinski definition) is 3. The van der Waals surface area contributed by atoms with Gasteiger partial charge in [-0.15, -0.1) is 0 Å². The van der Waals surface area contributed by atoms with Crippen molar-refractivity contribution >= 4 is 18.6 Å². The molecule has 0 rings (SSSR count). The maximum atomic E-state index is 9.90. The van der Waals surface area contributed by atoms with Crippen LogP contribution in [0.3, 0.4) is 0 Å². The van der Waals surface area contributed by atoms with E-state index in [0.717, 1.165) is 0 Å². The number of rotatable bonds is 3. The third kappa shape index (κ3) is 2.87. The Balaban J connectivity index is 3.32. The highest BCUT2D eigenvalue weighted by Gasteiger charge is 2.09. The minimum atomic E-state index is -0.984. The molecule has 2 N–H and O–H groups in total. The average molecular weight is 136 g/mol. The zero-order valence-electron chi connectivity index (χ0n) is 4.24. The summed E-state index contributed by atoms with van der Waals surface area (Å²) in [6.07, 6.45) is 0.207. The lowest BCUT2D eigenvalue weighted by atomic mass is 10.3. The van der Waals surface area contributed by atoms with E-state index in [1.54, 1.807) is 0 Å². The zero-order chi connectivity index (χ0) is 6.57. The van der Waals surface area contributed by atoms with Gasteiger partial charge in [-0.1, -0.05) is 0 Å². The second kappa shape index (κ2) is 3.74. The van der Waals surface area contributed by atoms with E-state index >= 15 is 0 Å². The van der Waals surface area contributed by atoms with E-state index in [-0.39, 0.29) is 13.0 Å². The first-order valence-electron chi connectivity index (χ1n) is 2.20. The van der Waals surface area contributed by atoms with Crippen LogP contribution in [-0.4, -0.2) is 28.0 Å². The highest BCUT2D eigenvalue weighted by molar-refractivity contribution is 7.81. The lowest BCUT2D eigenvalue weighted by molar-refractivity contribution is -0.136. The minimum absolute atomic E-state index is 0.125. The third-order valence-corrected chi connectivity index (χ3v) is 1.17. The van der Waals surface area contributed by atoms with Gasteiger partial charge >= 0.3 is 5.97 Å². The average Bonchev–Trinajstić information content (AvgIpc) is 1.67. The minimum Gasteiger partial charge on any atom is -0.480 e. The van der Waals surface area contributed by atoms with Gasteiger partial charge in [0.05, 0.1) is 0 Å². The molecule has 0 radical (unpaired) electrons. The molecule has 0 aromatic rings. The molecule has 0 aliphatic heterocycles. The zero-order valence-corrected chi connectivity index (χ0v) is 5.14. The molecule has 3 nitrogen and oxygen atoms in total. The summed E-state index contributed by atoms with van der Waals surface area (Å²) in [7, 11) is 0. The SMILES string of the molecule is O=C(O)C(S)CCO. The summed E-state index contributed by atoms with van der Waals surface area (Å²) in [5.41, 5.74) is 0. The molecule has 8 heavy (non-hydrogen) atoms. The molecule has 48 valence electrons. The Morgan fingerprint density at radius 2 is 2.25 bits per heavy atom. The topological polar surface area (TPSA) is 57.5 Å². The van der Waals surface area contributed by atoms with E-state index in [4.69, 9.17) is 10.2 Å². The van der Waals surface area contributed by atoms with E-state index in [2.05, 4.69) is 12.6 Å². The highest BCUT2D eigenvalue weighted by Crippen LogP contribution is 1.98. The molecule has 0 amide bonds. The molecular weight excluding hydrogens is 128 g/mol. The van der Waals surface area contributed by atoms with Crippen LogP contribution >= 0.6 is 12.6 Å². The number of hydrogen-bond acceptors (Lipinski definition) is 3. The van der Waals surface area contributed by atoms with Crippen molar-refractivity contribution in [1.29, 1.82) is 0 Å². The fraction of sp³-hybridized carbons (Fsp3) is 0.750. The van der Waals surface area contributed by atoms with Crippen molar-refractivity contribution in [2.24, 2.45) is 0 Å². The van der Waals surface area contributed by atoms with Gasteiger partial charge in [-0.2, -0.15) is 12.6 Å². The van der Waals surface area contributed by atoms with Crippen LogP contribution in [-0.2, 0) is 4.79 Å². The molecule has 0 aromatic carbocycles. The van der Waals surface area contributed by atoms with Gasteiger partial charge in [0.1, 0.15) is 5.25 Å². The first-order valence-corrected chi connectivity index (χ1v) is 2.72. The number of aliphatic hydroxyl groups excluding tert-OH is 1. The first-order chi connectivity index (χ1) is 3.68. The van der Waals surface area contributed by atoms with E-state index in [9.17, 15) is 4.79 Å². The van der Waals surface area contributed by atoms with E-state index in [0.29, 0.717) is 0 Å². The monoisotopic (exact) mass is 136 g/mol. The lowest BCUT2D eigenvalue weighted by Crippen LogP contribution is -2.14. The van der Waals surface area contributed by atoms with Crippen molar-refractivity contribution in [3.63, 3.8) is 0 Å². The molecule has 0 saturated carbocycles. The molecule has 0 aliphatic carbocycles. The summed E-state index contributed by atoms with van der Waals surface area (Å²) in [6, 6.07) is 0. The van der Waals surface area contributed by atoms with Gasteiger partial charge < -0.3 is 10.2 Å². The molecule has 0 bridgehead atoms. The van der Waals surface area contributed by atoms with Crippen molar-refractivity contribution < 1.29 is 15.0 Å². The molecule has 1 atom stereocenters. The van der Waals surface area contributed by atoms with Crippen LogP contribution in [0.25, 0.3) is 0 Å². The Labute approximate surface area is 52.7 Å².